The first kappa shape index (κ1) is 20.0. The molecule has 1 aliphatic rings. The Kier molecular flexibility index (Phi) is 6.41. The van der Waals surface area contributed by atoms with Crippen LogP contribution in [0.25, 0.3) is 0 Å². The van der Waals surface area contributed by atoms with Gasteiger partial charge in [-0.05, 0) is 31.9 Å². The first-order chi connectivity index (χ1) is 13.5. The van der Waals surface area contributed by atoms with Gasteiger partial charge in [0.15, 0.2) is 5.96 Å². The number of rotatable bonds is 7. The lowest BCUT2D eigenvalue weighted by Gasteiger charge is -2.21. The Balaban J connectivity index is 1.42. The van der Waals surface area contributed by atoms with E-state index in [1.54, 1.807) is 42.6 Å². The summed E-state index contributed by atoms with van der Waals surface area (Å²) < 4.78 is 0. The van der Waals surface area contributed by atoms with Crippen LogP contribution in [0.3, 0.4) is 0 Å². The zero-order chi connectivity index (χ0) is 20.1. The second-order valence-electron chi connectivity index (χ2n) is 6.70. The van der Waals surface area contributed by atoms with E-state index in [1.165, 1.54) is 4.90 Å². The van der Waals surface area contributed by atoms with Crippen molar-refractivity contribution in [1.82, 2.24) is 20.1 Å². The number of amides is 2. The third-order valence-corrected chi connectivity index (χ3v) is 5.43. The lowest BCUT2D eigenvalue weighted by molar-refractivity contribution is 0.0652. The average Bonchev–Trinajstić information content (AvgIpc) is 3.20. The van der Waals surface area contributed by atoms with Crippen LogP contribution in [0.4, 0.5) is 0 Å². The molecule has 3 rings (SSSR count). The SMILES string of the molecule is CN=C(NCCCCN1C(=O)c2ccccc2C1=O)N(C)Cc1csc(C)n1. The van der Waals surface area contributed by atoms with Gasteiger partial charge in [-0.2, -0.15) is 0 Å². The quantitative estimate of drug-likeness (QED) is 0.335. The Morgan fingerprint density at radius 1 is 1.21 bits per heavy atom. The highest BCUT2D eigenvalue weighted by molar-refractivity contribution is 7.09. The lowest BCUT2D eigenvalue weighted by atomic mass is 10.1. The van der Waals surface area contributed by atoms with Gasteiger partial charge < -0.3 is 10.2 Å². The minimum absolute atomic E-state index is 0.192. The Bertz CT molecular complexity index is 857. The van der Waals surface area contributed by atoms with Gasteiger partial charge in [-0.3, -0.25) is 19.5 Å². The van der Waals surface area contributed by atoms with Crippen LogP contribution in [-0.2, 0) is 6.54 Å². The second-order valence-corrected chi connectivity index (χ2v) is 7.76. The number of imide groups is 1. The molecule has 1 N–H and O–H groups in total. The number of nitrogens with one attached hydrogen (secondary N) is 1. The third kappa shape index (κ3) is 4.39. The van der Waals surface area contributed by atoms with Gasteiger partial charge in [0, 0.05) is 32.6 Å². The zero-order valence-electron chi connectivity index (χ0n) is 16.4. The van der Waals surface area contributed by atoms with Crippen molar-refractivity contribution in [1.29, 1.82) is 0 Å². The molecule has 1 aromatic heterocycles. The van der Waals surface area contributed by atoms with Crippen LogP contribution in [0.15, 0.2) is 34.6 Å². The number of fused-ring (bicyclic) bond motifs is 1. The van der Waals surface area contributed by atoms with Crippen LogP contribution in [0, 0.1) is 6.92 Å². The molecule has 0 atom stereocenters. The average molecular weight is 400 g/mol. The summed E-state index contributed by atoms with van der Waals surface area (Å²) in [5.74, 6) is 0.414. The number of thiazole rings is 1. The van der Waals surface area contributed by atoms with Crippen molar-refractivity contribution in [3.63, 3.8) is 0 Å². The first-order valence-electron chi connectivity index (χ1n) is 9.29. The number of carbonyl (C=O) groups is 2. The van der Waals surface area contributed by atoms with E-state index in [2.05, 4.69) is 20.7 Å². The third-order valence-electron chi connectivity index (χ3n) is 4.61. The molecule has 0 aliphatic carbocycles. The maximum Gasteiger partial charge on any atom is 0.261 e. The summed E-state index contributed by atoms with van der Waals surface area (Å²) in [5.41, 5.74) is 2.04. The number of benzene rings is 1. The van der Waals surface area contributed by atoms with Crippen LogP contribution < -0.4 is 5.32 Å². The molecule has 1 aromatic carbocycles. The number of aromatic nitrogens is 1. The van der Waals surface area contributed by atoms with E-state index in [1.807, 2.05) is 18.9 Å². The topological polar surface area (TPSA) is 77.9 Å². The minimum atomic E-state index is -0.192. The number of guanidine groups is 1. The van der Waals surface area contributed by atoms with E-state index < -0.39 is 0 Å². The van der Waals surface area contributed by atoms with Crippen LogP contribution in [0.5, 0.6) is 0 Å². The Hall–Kier alpha value is -2.74. The van der Waals surface area contributed by atoms with Crippen molar-refractivity contribution in [3.8, 4) is 0 Å². The van der Waals surface area contributed by atoms with Gasteiger partial charge in [-0.1, -0.05) is 12.1 Å². The molecule has 7 nitrogen and oxygen atoms in total. The second kappa shape index (κ2) is 8.97. The summed E-state index contributed by atoms with van der Waals surface area (Å²) in [5, 5.41) is 6.44. The molecule has 2 heterocycles. The van der Waals surface area contributed by atoms with E-state index in [9.17, 15) is 9.59 Å². The fourth-order valence-electron chi connectivity index (χ4n) is 3.22. The fourth-order valence-corrected chi connectivity index (χ4v) is 3.82. The number of aryl methyl sites for hydroxylation is 1. The van der Waals surface area contributed by atoms with Crippen LogP contribution in [-0.4, -0.2) is 59.7 Å². The van der Waals surface area contributed by atoms with Crippen LogP contribution in [0.1, 0.15) is 44.3 Å². The van der Waals surface area contributed by atoms with Gasteiger partial charge in [0.25, 0.3) is 11.8 Å². The molecule has 2 amide bonds. The molecule has 0 spiro atoms. The van der Waals surface area contributed by atoms with Gasteiger partial charge in [0.1, 0.15) is 0 Å². The lowest BCUT2D eigenvalue weighted by Crippen LogP contribution is -2.39. The monoisotopic (exact) mass is 399 g/mol. The van der Waals surface area contributed by atoms with Crippen molar-refractivity contribution in [2.24, 2.45) is 4.99 Å². The van der Waals surface area contributed by atoms with E-state index in [-0.39, 0.29) is 11.8 Å². The number of unbranched alkanes of at least 4 members (excludes halogenated alkanes) is 1. The van der Waals surface area contributed by atoms with E-state index in [0.717, 1.165) is 36.0 Å². The summed E-state index contributed by atoms with van der Waals surface area (Å²) in [6.45, 7) is 3.84. The standard InChI is InChI=1S/C20H25N5O2S/c1-14-23-15(13-28-14)12-24(3)20(21-2)22-10-6-7-11-25-18(26)16-8-4-5-9-17(16)19(25)27/h4-5,8-9,13H,6-7,10-12H2,1-3H3,(H,21,22). The molecule has 0 bridgehead atoms. The number of aliphatic imine (C=N–C) groups is 1. The molecule has 28 heavy (non-hydrogen) atoms. The summed E-state index contributed by atoms with van der Waals surface area (Å²) in [6.07, 6.45) is 1.57. The fraction of sp³-hybridized carbons (Fsp3) is 0.400. The first-order valence-corrected chi connectivity index (χ1v) is 10.2. The van der Waals surface area contributed by atoms with Crippen molar-refractivity contribution >= 4 is 29.1 Å². The predicted molar refractivity (Wildman–Crippen MR) is 111 cm³/mol. The smallest absolute Gasteiger partial charge is 0.261 e. The molecule has 0 radical (unpaired) electrons. The zero-order valence-corrected chi connectivity index (χ0v) is 17.3. The molecule has 2 aromatic rings. The number of hydrogen-bond donors (Lipinski definition) is 1. The van der Waals surface area contributed by atoms with Gasteiger partial charge >= 0.3 is 0 Å². The maximum absolute atomic E-state index is 12.3. The van der Waals surface area contributed by atoms with Crippen molar-refractivity contribution in [2.45, 2.75) is 26.3 Å². The molecule has 0 saturated carbocycles. The molecule has 8 heteroatoms. The molecule has 1 aliphatic heterocycles. The molecule has 0 saturated heterocycles. The Morgan fingerprint density at radius 2 is 1.89 bits per heavy atom. The molecular formula is C20H25N5O2S. The van der Waals surface area contributed by atoms with E-state index in [0.29, 0.717) is 24.2 Å². The summed E-state index contributed by atoms with van der Waals surface area (Å²) >= 11 is 1.64. The highest BCUT2D eigenvalue weighted by Gasteiger charge is 2.34. The minimum Gasteiger partial charge on any atom is -0.356 e. The summed E-state index contributed by atoms with van der Waals surface area (Å²) in [6, 6.07) is 6.99. The molecule has 148 valence electrons. The van der Waals surface area contributed by atoms with Gasteiger partial charge in [0.05, 0.1) is 28.4 Å². The highest BCUT2D eigenvalue weighted by Crippen LogP contribution is 2.22. The van der Waals surface area contributed by atoms with Crippen molar-refractivity contribution in [3.05, 3.63) is 51.5 Å². The number of carbonyl (C=O) groups excluding carboxylic acids is 2. The Morgan fingerprint density at radius 3 is 2.46 bits per heavy atom. The van der Waals surface area contributed by atoms with Crippen LogP contribution >= 0.6 is 11.3 Å². The Labute approximate surface area is 169 Å². The van der Waals surface area contributed by atoms with Crippen molar-refractivity contribution in [2.75, 3.05) is 27.2 Å². The van der Waals surface area contributed by atoms with Crippen LogP contribution in [0.2, 0.25) is 0 Å². The highest BCUT2D eigenvalue weighted by atomic mass is 32.1. The summed E-state index contributed by atoms with van der Waals surface area (Å²) in [7, 11) is 3.73. The largest absolute Gasteiger partial charge is 0.356 e. The summed E-state index contributed by atoms with van der Waals surface area (Å²) in [4.78, 5) is 36.9. The van der Waals surface area contributed by atoms with Crippen molar-refractivity contribution < 1.29 is 9.59 Å². The maximum atomic E-state index is 12.3. The normalized spacial score (nSPS) is 13.8. The van der Waals surface area contributed by atoms with Gasteiger partial charge in [-0.15, -0.1) is 11.3 Å². The number of hydrogen-bond acceptors (Lipinski definition) is 5. The van der Waals surface area contributed by atoms with Gasteiger partial charge in [0.2, 0.25) is 0 Å². The van der Waals surface area contributed by atoms with Gasteiger partial charge in [-0.25, -0.2) is 4.98 Å². The van der Waals surface area contributed by atoms with E-state index in [4.69, 9.17) is 0 Å². The van der Waals surface area contributed by atoms with E-state index >= 15 is 0 Å². The molecular weight excluding hydrogens is 374 g/mol. The predicted octanol–water partition coefficient (Wildman–Crippen LogP) is 2.54. The molecule has 0 unspecified atom stereocenters. The molecule has 0 fully saturated rings. The number of nitrogens with zero attached hydrogens (tertiary/aromatic N) is 4.